The van der Waals surface area contributed by atoms with Crippen molar-refractivity contribution in [2.24, 2.45) is 5.73 Å². The summed E-state index contributed by atoms with van der Waals surface area (Å²) in [5, 5.41) is 3.93. The Kier molecular flexibility index (Phi) is 4.21. The molecule has 2 rings (SSSR count). The maximum Gasteiger partial charge on any atom is 0.226 e. The van der Waals surface area contributed by atoms with E-state index in [2.05, 4.69) is 15.1 Å². The van der Waals surface area contributed by atoms with Crippen molar-refractivity contribution in [2.45, 2.75) is 25.7 Å². The Bertz CT molecular complexity index is 441. The first-order valence-corrected chi connectivity index (χ1v) is 5.83. The van der Waals surface area contributed by atoms with Gasteiger partial charge >= 0.3 is 0 Å². The molecule has 2 heterocycles. The molecule has 0 atom stereocenters. The minimum absolute atomic E-state index is 0.604. The summed E-state index contributed by atoms with van der Waals surface area (Å²) in [4.78, 5) is 8.35. The van der Waals surface area contributed by atoms with E-state index in [9.17, 15) is 0 Å². The summed E-state index contributed by atoms with van der Waals surface area (Å²) >= 11 is 0. The lowest BCUT2D eigenvalue weighted by Crippen LogP contribution is -1.98. The van der Waals surface area contributed by atoms with E-state index >= 15 is 0 Å². The topological polar surface area (TPSA) is 77.8 Å². The Hall–Kier alpha value is -1.75. The summed E-state index contributed by atoms with van der Waals surface area (Å²) in [5.74, 6) is 1.28. The molecule has 0 aliphatic carbocycles. The number of nitrogens with zero attached hydrogens (tertiary/aromatic N) is 3. The maximum absolute atomic E-state index is 5.43. The maximum atomic E-state index is 5.43. The highest BCUT2D eigenvalue weighted by Gasteiger charge is 2.07. The van der Waals surface area contributed by atoms with E-state index in [0.717, 1.165) is 37.8 Å². The Morgan fingerprint density at radius 3 is 2.94 bits per heavy atom. The number of aromatic nitrogens is 3. The number of nitrogens with two attached hydrogens (primary N) is 1. The molecule has 0 bridgehead atoms. The molecule has 0 unspecified atom stereocenters. The van der Waals surface area contributed by atoms with Crippen molar-refractivity contribution in [1.29, 1.82) is 0 Å². The fourth-order valence-corrected chi connectivity index (χ4v) is 1.57. The van der Waals surface area contributed by atoms with Crippen molar-refractivity contribution in [2.75, 3.05) is 6.54 Å². The molecule has 5 nitrogen and oxygen atoms in total. The minimum atomic E-state index is 0.604. The molecule has 0 aliphatic rings. The minimum Gasteiger partial charge on any atom is -0.339 e. The SMILES string of the molecule is NCCCCCc1nc(-c2cccnc2)no1. The highest BCUT2D eigenvalue weighted by molar-refractivity contribution is 5.51. The third-order valence-corrected chi connectivity index (χ3v) is 2.48. The van der Waals surface area contributed by atoms with Gasteiger partial charge in [0.25, 0.3) is 0 Å². The van der Waals surface area contributed by atoms with Gasteiger partial charge < -0.3 is 10.3 Å². The second-order valence-corrected chi connectivity index (χ2v) is 3.85. The van der Waals surface area contributed by atoms with E-state index in [1.54, 1.807) is 12.4 Å². The molecule has 0 amide bonds. The van der Waals surface area contributed by atoms with Crippen molar-refractivity contribution >= 4 is 0 Å². The van der Waals surface area contributed by atoms with Gasteiger partial charge in [0, 0.05) is 24.4 Å². The smallest absolute Gasteiger partial charge is 0.226 e. The average Bonchev–Trinajstić information content (AvgIpc) is 2.85. The number of pyridine rings is 1. The van der Waals surface area contributed by atoms with Crippen molar-refractivity contribution < 1.29 is 4.52 Å². The van der Waals surface area contributed by atoms with Crippen molar-refractivity contribution in [3.05, 3.63) is 30.4 Å². The summed E-state index contributed by atoms with van der Waals surface area (Å²) in [6.45, 7) is 0.741. The predicted octanol–water partition coefficient (Wildman–Crippen LogP) is 1.80. The standard InChI is InChI=1S/C12H16N4O/c13-7-3-1-2-6-11-15-12(16-17-11)10-5-4-8-14-9-10/h4-5,8-9H,1-3,6-7,13H2. The molecule has 90 valence electrons. The largest absolute Gasteiger partial charge is 0.339 e. The van der Waals surface area contributed by atoms with Gasteiger partial charge in [0.05, 0.1) is 0 Å². The van der Waals surface area contributed by atoms with E-state index in [4.69, 9.17) is 10.3 Å². The monoisotopic (exact) mass is 232 g/mol. The summed E-state index contributed by atoms with van der Waals surface area (Å²) in [7, 11) is 0. The second kappa shape index (κ2) is 6.10. The Labute approximate surface area is 100 Å². The van der Waals surface area contributed by atoms with Crippen LogP contribution < -0.4 is 5.73 Å². The first-order chi connectivity index (χ1) is 8.40. The lowest BCUT2D eigenvalue weighted by molar-refractivity contribution is 0.374. The number of hydrogen-bond acceptors (Lipinski definition) is 5. The van der Waals surface area contributed by atoms with Gasteiger partial charge in [0.2, 0.25) is 11.7 Å². The fraction of sp³-hybridized carbons (Fsp3) is 0.417. The highest BCUT2D eigenvalue weighted by atomic mass is 16.5. The first-order valence-electron chi connectivity index (χ1n) is 5.83. The van der Waals surface area contributed by atoms with Crippen LogP contribution in [0.5, 0.6) is 0 Å². The van der Waals surface area contributed by atoms with Crippen LogP contribution in [0.4, 0.5) is 0 Å². The molecule has 2 aromatic heterocycles. The zero-order valence-corrected chi connectivity index (χ0v) is 9.67. The Morgan fingerprint density at radius 1 is 1.24 bits per heavy atom. The Balaban J connectivity index is 1.92. The van der Waals surface area contributed by atoms with Gasteiger partial charge in [-0.25, -0.2) is 0 Å². The van der Waals surface area contributed by atoms with E-state index in [-0.39, 0.29) is 0 Å². The van der Waals surface area contributed by atoms with Gasteiger partial charge in [-0.15, -0.1) is 0 Å². The second-order valence-electron chi connectivity index (χ2n) is 3.85. The molecule has 0 fully saturated rings. The van der Waals surface area contributed by atoms with Crippen LogP contribution in [0.25, 0.3) is 11.4 Å². The first kappa shape index (κ1) is 11.7. The van der Waals surface area contributed by atoms with Crippen LogP contribution in [0.15, 0.2) is 29.0 Å². The van der Waals surface area contributed by atoms with Gasteiger partial charge in [-0.1, -0.05) is 11.6 Å². The van der Waals surface area contributed by atoms with Gasteiger partial charge in [-0.3, -0.25) is 4.98 Å². The molecular formula is C12H16N4O. The lowest BCUT2D eigenvalue weighted by atomic mass is 10.2. The average molecular weight is 232 g/mol. The van der Waals surface area contributed by atoms with E-state index in [1.165, 1.54) is 0 Å². The molecule has 0 saturated heterocycles. The zero-order chi connectivity index (χ0) is 11.9. The summed E-state index contributed by atoms with van der Waals surface area (Å²) in [6.07, 6.45) is 7.43. The summed E-state index contributed by atoms with van der Waals surface area (Å²) in [6, 6.07) is 3.77. The molecule has 17 heavy (non-hydrogen) atoms. The molecule has 0 radical (unpaired) electrons. The molecule has 2 N–H and O–H groups in total. The number of aryl methyl sites for hydroxylation is 1. The lowest BCUT2D eigenvalue weighted by Gasteiger charge is -1.94. The van der Waals surface area contributed by atoms with E-state index in [1.807, 2.05) is 12.1 Å². The van der Waals surface area contributed by atoms with Crippen molar-refractivity contribution in [1.82, 2.24) is 15.1 Å². The normalized spacial score (nSPS) is 10.6. The van der Waals surface area contributed by atoms with Crippen LogP contribution >= 0.6 is 0 Å². The number of unbranched alkanes of at least 4 members (excludes halogenated alkanes) is 2. The van der Waals surface area contributed by atoms with Gasteiger partial charge in [0.1, 0.15) is 0 Å². The van der Waals surface area contributed by atoms with Gasteiger partial charge in [-0.05, 0) is 31.5 Å². The predicted molar refractivity (Wildman–Crippen MR) is 64.1 cm³/mol. The van der Waals surface area contributed by atoms with Crippen molar-refractivity contribution in [3.8, 4) is 11.4 Å². The highest BCUT2D eigenvalue weighted by Crippen LogP contribution is 2.14. The van der Waals surface area contributed by atoms with Crippen LogP contribution in [0.2, 0.25) is 0 Å². The van der Waals surface area contributed by atoms with Gasteiger partial charge in [-0.2, -0.15) is 4.98 Å². The quantitative estimate of drug-likeness (QED) is 0.768. The molecule has 0 saturated carbocycles. The molecule has 2 aromatic rings. The fourth-order valence-electron chi connectivity index (χ4n) is 1.57. The molecule has 0 aromatic carbocycles. The third kappa shape index (κ3) is 3.35. The molecule has 0 spiro atoms. The molecule has 0 aliphatic heterocycles. The van der Waals surface area contributed by atoms with Crippen LogP contribution in [-0.4, -0.2) is 21.7 Å². The van der Waals surface area contributed by atoms with Crippen molar-refractivity contribution in [3.63, 3.8) is 0 Å². The van der Waals surface area contributed by atoms with Crippen LogP contribution in [-0.2, 0) is 6.42 Å². The third-order valence-electron chi connectivity index (χ3n) is 2.48. The molecule has 5 heteroatoms. The number of rotatable bonds is 6. The summed E-state index contributed by atoms with van der Waals surface area (Å²) in [5.41, 5.74) is 6.31. The van der Waals surface area contributed by atoms with E-state index in [0.29, 0.717) is 11.7 Å². The van der Waals surface area contributed by atoms with Crippen LogP contribution in [0.1, 0.15) is 25.2 Å². The van der Waals surface area contributed by atoms with Crippen LogP contribution in [0.3, 0.4) is 0 Å². The number of hydrogen-bond donors (Lipinski definition) is 1. The van der Waals surface area contributed by atoms with Crippen LogP contribution in [0, 0.1) is 0 Å². The zero-order valence-electron chi connectivity index (χ0n) is 9.67. The van der Waals surface area contributed by atoms with E-state index < -0.39 is 0 Å². The Morgan fingerprint density at radius 2 is 2.18 bits per heavy atom. The molecular weight excluding hydrogens is 216 g/mol. The van der Waals surface area contributed by atoms with Gasteiger partial charge in [0.15, 0.2) is 0 Å². The summed E-state index contributed by atoms with van der Waals surface area (Å²) < 4.78 is 5.18.